The van der Waals surface area contributed by atoms with E-state index in [2.05, 4.69) is 0 Å². The van der Waals surface area contributed by atoms with Crippen LogP contribution in [-0.2, 0) is 0 Å². The molecule has 3 nitrogen and oxygen atoms in total. The van der Waals surface area contributed by atoms with Gasteiger partial charge >= 0.3 is 0 Å². The fourth-order valence-electron chi connectivity index (χ4n) is 4.11. The maximum Gasteiger partial charge on any atom is 0.170 e. The summed E-state index contributed by atoms with van der Waals surface area (Å²) in [7, 11) is 1.61. The number of ketones is 1. The van der Waals surface area contributed by atoms with E-state index in [1.165, 1.54) is 0 Å². The molecule has 27 heavy (non-hydrogen) atoms. The van der Waals surface area contributed by atoms with Crippen LogP contribution in [0.25, 0.3) is 0 Å². The van der Waals surface area contributed by atoms with Crippen molar-refractivity contribution in [1.82, 2.24) is 0 Å². The lowest BCUT2D eigenvalue weighted by molar-refractivity contribution is 0.0892. The van der Waals surface area contributed by atoms with Crippen molar-refractivity contribution in [1.29, 1.82) is 0 Å². The number of fused-ring (bicyclic) bond motifs is 1. The van der Waals surface area contributed by atoms with Crippen molar-refractivity contribution in [3.05, 3.63) is 101 Å². The van der Waals surface area contributed by atoms with Gasteiger partial charge in [-0.1, -0.05) is 54.6 Å². The van der Waals surface area contributed by atoms with Crippen molar-refractivity contribution in [2.24, 2.45) is 0 Å². The molecule has 0 aliphatic heterocycles. The molecular weight excluding hydrogens is 336 g/mol. The van der Waals surface area contributed by atoms with Gasteiger partial charge in [-0.25, -0.2) is 0 Å². The van der Waals surface area contributed by atoms with E-state index in [1.54, 1.807) is 7.11 Å². The minimum atomic E-state index is -0.564. The molecule has 4 rings (SSSR count). The van der Waals surface area contributed by atoms with E-state index in [1.807, 2.05) is 78.9 Å². The first-order valence-corrected chi connectivity index (χ1v) is 9.19. The molecule has 1 aliphatic carbocycles. The third-order valence-electron chi connectivity index (χ3n) is 5.45. The number of Topliss-reactive ketones (excluding diaryl/α,β-unsaturated/α-hetero) is 1. The molecule has 0 spiro atoms. The number of benzene rings is 3. The van der Waals surface area contributed by atoms with Crippen molar-refractivity contribution >= 4 is 5.78 Å². The lowest BCUT2D eigenvalue weighted by atomic mass is 9.68. The summed E-state index contributed by atoms with van der Waals surface area (Å²) in [6.45, 7) is 0. The number of hydrogen-bond donors (Lipinski definition) is 1. The maximum atomic E-state index is 13.5. The van der Waals surface area contributed by atoms with Crippen LogP contribution in [0.1, 0.15) is 51.4 Å². The topological polar surface area (TPSA) is 46.5 Å². The van der Waals surface area contributed by atoms with Crippen LogP contribution in [0.15, 0.2) is 78.9 Å². The van der Waals surface area contributed by atoms with Crippen molar-refractivity contribution in [3.8, 4) is 5.75 Å². The smallest absolute Gasteiger partial charge is 0.170 e. The third-order valence-corrected chi connectivity index (χ3v) is 5.45. The lowest BCUT2D eigenvalue weighted by Gasteiger charge is -2.36. The normalized spacial score (nSPS) is 21.3. The van der Waals surface area contributed by atoms with Crippen molar-refractivity contribution in [2.45, 2.75) is 24.4 Å². The fraction of sp³-hybridized carbons (Fsp3) is 0.208. The summed E-state index contributed by atoms with van der Waals surface area (Å²) in [5.41, 5.74) is 3.52. The van der Waals surface area contributed by atoms with Gasteiger partial charge in [-0.2, -0.15) is 0 Å². The zero-order valence-corrected chi connectivity index (χ0v) is 15.2. The third kappa shape index (κ3) is 3.26. The van der Waals surface area contributed by atoms with Gasteiger partial charge in [0.05, 0.1) is 19.1 Å². The average molecular weight is 358 g/mol. The second-order valence-corrected chi connectivity index (χ2v) is 6.97. The Hall–Kier alpha value is -2.91. The molecule has 0 unspecified atom stereocenters. The molecule has 136 valence electrons. The number of rotatable bonds is 4. The summed E-state index contributed by atoms with van der Waals surface area (Å²) in [6, 6.07) is 25.0. The van der Waals surface area contributed by atoms with Crippen molar-refractivity contribution in [2.75, 3.05) is 7.11 Å². The van der Waals surface area contributed by atoms with Gasteiger partial charge in [0.25, 0.3) is 0 Å². The molecule has 0 aromatic heterocycles. The second-order valence-electron chi connectivity index (χ2n) is 6.97. The van der Waals surface area contributed by atoms with Crippen LogP contribution >= 0.6 is 0 Å². The summed E-state index contributed by atoms with van der Waals surface area (Å²) >= 11 is 0. The monoisotopic (exact) mass is 358 g/mol. The van der Waals surface area contributed by atoms with Crippen LogP contribution in [-0.4, -0.2) is 18.0 Å². The predicted octanol–water partition coefficient (Wildman–Crippen LogP) is 4.88. The molecule has 3 heteroatoms. The van der Waals surface area contributed by atoms with E-state index in [0.29, 0.717) is 12.0 Å². The Labute approximate surface area is 159 Å². The average Bonchev–Trinajstić information content (AvgIpc) is 2.74. The number of ether oxygens (including phenoxy) is 1. The predicted molar refractivity (Wildman–Crippen MR) is 105 cm³/mol. The number of aliphatic hydroxyl groups excluding tert-OH is 1. The highest BCUT2D eigenvalue weighted by atomic mass is 16.5. The maximum absolute atomic E-state index is 13.5. The van der Waals surface area contributed by atoms with Gasteiger partial charge in [-0.05, 0) is 47.4 Å². The number of methoxy groups -OCH3 is 1. The van der Waals surface area contributed by atoms with Crippen molar-refractivity contribution in [3.63, 3.8) is 0 Å². The Balaban J connectivity index is 1.81. The molecule has 0 saturated heterocycles. The quantitative estimate of drug-likeness (QED) is 0.676. The highest BCUT2D eigenvalue weighted by Gasteiger charge is 2.39. The van der Waals surface area contributed by atoms with Crippen LogP contribution in [0, 0.1) is 0 Å². The largest absolute Gasteiger partial charge is 0.497 e. The Kier molecular flexibility index (Phi) is 4.78. The molecule has 0 radical (unpaired) electrons. The molecule has 0 bridgehead atoms. The summed E-state index contributed by atoms with van der Waals surface area (Å²) in [4.78, 5) is 13.5. The standard InChI is InChI=1S/C24H22O3/c1-27-18-13-11-17(12-14-18)24(26)23-20-10-6-5-9-19(20)22(25)15-21(23)16-7-3-2-4-8-16/h2-14,21-23,25H,15H2,1H3/t21-,22+,23+/m0/s1. The second kappa shape index (κ2) is 7.37. The van der Waals surface area contributed by atoms with Gasteiger partial charge < -0.3 is 9.84 Å². The Morgan fingerprint density at radius 1 is 0.889 bits per heavy atom. The van der Waals surface area contributed by atoms with E-state index >= 15 is 0 Å². The van der Waals surface area contributed by atoms with E-state index in [9.17, 15) is 9.90 Å². The van der Waals surface area contributed by atoms with Gasteiger partial charge in [0.2, 0.25) is 0 Å². The van der Waals surface area contributed by atoms with E-state index < -0.39 is 6.10 Å². The summed E-state index contributed by atoms with van der Waals surface area (Å²) in [6.07, 6.45) is -0.0283. The minimum Gasteiger partial charge on any atom is -0.497 e. The van der Waals surface area contributed by atoms with Crippen LogP contribution < -0.4 is 4.74 Å². The van der Waals surface area contributed by atoms with Crippen LogP contribution in [0.4, 0.5) is 0 Å². The molecule has 0 fully saturated rings. The highest BCUT2D eigenvalue weighted by Crippen LogP contribution is 2.48. The molecule has 0 amide bonds. The van der Waals surface area contributed by atoms with Gasteiger partial charge in [-0.3, -0.25) is 4.79 Å². The molecule has 0 saturated carbocycles. The van der Waals surface area contributed by atoms with Gasteiger partial charge in [-0.15, -0.1) is 0 Å². The SMILES string of the molecule is COc1ccc(C(=O)[C@@H]2c3ccccc3[C@H](O)C[C@H]2c2ccccc2)cc1. The summed E-state index contributed by atoms with van der Waals surface area (Å²) in [5.74, 6) is 0.419. The number of carbonyl (C=O) groups excluding carboxylic acids is 1. The van der Waals surface area contributed by atoms with Crippen LogP contribution in [0.3, 0.4) is 0 Å². The van der Waals surface area contributed by atoms with E-state index in [-0.39, 0.29) is 17.6 Å². The Bertz CT molecular complexity index is 931. The van der Waals surface area contributed by atoms with E-state index in [4.69, 9.17) is 4.74 Å². The number of hydrogen-bond acceptors (Lipinski definition) is 3. The van der Waals surface area contributed by atoms with Gasteiger partial charge in [0.1, 0.15) is 5.75 Å². The summed E-state index contributed by atoms with van der Waals surface area (Å²) < 4.78 is 5.21. The number of aliphatic hydroxyl groups is 1. The first-order chi connectivity index (χ1) is 13.2. The molecule has 1 aliphatic rings. The van der Waals surface area contributed by atoms with Gasteiger partial charge in [0.15, 0.2) is 5.78 Å². The Morgan fingerprint density at radius 3 is 2.19 bits per heavy atom. The number of carbonyl (C=O) groups is 1. The van der Waals surface area contributed by atoms with Gasteiger partial charge in [0, 0.05) is 11.5 Å². The molecule has 3 atom stereocenters. The van der Waals surface area contributed by atoms with Crippen LogP contribution in [0.2, 0.25) is 0 Å². The first-order valence-electron chi connectivity index (χ1n) is 9.19. The fourth-order valence-corrected chi connectivity index (χ4v) is 4.11. The molecule has 3 aromatic rings. The molecule has 0 heterocycles. The molecular formula is C24H22O3. The lowest BCUT2D eigenvalue weighted by Crippen LogP contribution is -2.28. The summed E-state index contributed by atoms with van der Waals surface area (Å²) in [5, 5.41) is 10.7. The zero-order valence-electron chi connectivity index (χ0n) is 15.2. The van der Waals surface area contributed by atoms with E-state index in [0.717, 1.165) is 22.4 Å². The van der Waals surface area contributed by atoms with Crippen LogP contribution in [0.5, 0.6) is 5.75 Å². The molecule has 1 N–H and O–H groups in total. The highest BCUT2D eigenvalue weighted by molar-refractivity contribution is 6.02. The Morgan fingerprint density at radius 2 is 1.52 bits per heavy atom. The van der Waals surface area contributed by atoms with Crippen molar-refractivity contribution < 1.29 is 14.6 Å². The zero-order chi connectivity index (χ0) is 18.8. The first kappa shape index (κ1) is 17.5. The minimum absolute atomic E-state index is 0.0642. The molecule has 3 aromatic carbocycles.